The molecule has 1 atom stereocenters. The molecule has 3 aromatic rings. The van der Waals surface area contributed by atoms with E-state index in [9.17, 15) is 18.4 Å². The molecular weight excluding hydrogens is 451 g/mol. The van der Waals surface area contributed by atoms with Gasteiger partial charge in [-0.2, -0.15) is 0 Å². The summed E-state index contributed by atoms with van der Waals surface area (Å²) in [5.74, 6) is -2.96. The summed E-state index contributed by atoms with van der Waals surface area (Å²) in [6, 6.07) is 4.23. The molecule has 0 amide bonds. The van der Waals surface area contributed by atoms with Crippen LogP contribution in [0.1, 0.15) is 25.8 Å². The van der Waals surface area contributed by atoms with Crippen LogP contribution in [0.4, 0.5) is 23.7 Å². The summed E-state index contributed by atoms with van der Waals surface area (Å²) in [6.45, 7) is 6.21. The van der Waals surface area contributed by atoms with Gasteiger partial charge in [0.1, 0.15) is 17.5 Å². The first-order valence-corrected chi connectivity index (χ1v) is 10.7. The number of ether oxygens (including phenoxy) is 1. The number of hydrogen-bond donors (Lipinski definition) is 2. The van der Waals surface area contributed by atoms with Gasteiger partial charge >= 0.3 is 6.16 Å². The molecule has 3 N–H and O–H groups in total. The molecule has 34 heavy (non-hydrogen) atoms. The van der Waals surface area contributed by atoms with Gasteiger partial charge < -0.3 is 25.0 Å². The largest absolute Gasteiger partial charge is 0.511 e. The number of aromatic nitrogens is 1. The average Bonchev–Trinajstić information content (AvgIpc) is 3.23. The number of fused-ring (bicyclic) bond motifs is 1. The molecule has 0 spiro atoms. The van der Waals surface area contributed by atoms with Crippen LogP contribution in [-0.4, -0.2) is 34.5 Å². The second-order valence-electron chi connectivity index (χ2n) is 9.14. The fraction of sp³-hybridized carbons (Fsp3) is 0.333. The van der Waals surface area contributed by atoms with Gasteiger partial charge in [0.15, 0.2) is 5.75 Å². The number of aryl methyl sites for hydroxylation is 1. The predicted octanol–water partition coefficient (Wildman–Crippen LogP) is 4.34. The lowest BCUT2D eigenvalue weighted by atomic mass is 9.88. The van der Waals surface area contributed by atoms with Crippen LogP contribution in [0.2, 0.25) is 0 Å². The molecule has 2 heterocycles. The molecule has 1 saturated heterocycles. The first-order valence-electron chi connectivity index (χ1n) is 10.7. The van der Waals surface area contributed by atoms with Gasteiger partial charge in [0.05, 0.1) is 28.5 Å². The molecule has 180 valence electrons. The van der Waals surface area contributed by atoms with E-state index in [2.05, 4.69) is 4.74 Å². The van der Waals surface area contributed by atoms with E-state index in [1.807, 2.05) is 18.7 Å². The van der Waals surface area contributed by atoms with Crippen LogP contribution in [0.3, 0.4) is 0 Å². The molecule has 1 aliphatic heterocycles. The highest BCUT2D eigenvalue weighted by Crippen LogP contribution is 2.36. The van der Waals surface area contributed by atoms with Gasteiger partial charge in [-0.1, -0.05) is 0 Å². The highest BCUT2D eigenvalue weighted by atomic mass is 19.1. The van der Waals surface area contributed by atoms with Crippen molar-refractivity contribution in [3.05, 3.63) is 63.7 Å². The van der Waals surface area contributed by atoms with Crippen molar-refractivity contribution in [1.82, 2.24) is 4.57 Å². The Hall–Kier alpha value is -3.53. The van der Waals surface area contributed by atoms with E-state index in [0.29, 0.717) is 19.2 Å². The maximum atomic E-state index is 15.5. The zero-order chi connectivity index (χ0) is 24.9. The molecule has 2 aromatic carbocycles. The van der Waals surface area contributed by atoms with Gasteiger partial charge in [0, 0.05) is 30.3 Å². The third kappa shape index (κ3) is 4.09. The van der Waals surface area contributed by atoms with Crippen LogP contribution < -0.4 is 20.8 Å². The van der Waals surface area contributed by atoms with Crippen LogP contribution in [0, 0.1) is 30.3 Å². The van der Waals surface area contributed by atoms with Crippen molar-refractivity contribution in [2.75, 3.05) is 18.0 Å². The average molecular weight is 475 g/mol. The maximum absolute atomic E-state index is 15.5. The quantitative estimate of drug-likeness (QED) is 0.545. The zero-order valence-corrected chi connectivity index (χ0v) is 18.9. The molecule has 1 fully saturated rings. The van der Waals surface area contributed by atoms with E-state index in [4.69, 9.17) is 10.8 Å². The number of hydrogen-bond acceptors (Lipinski definition) is 5. The summed E-state index contributed by atoms with van der Waals surface area (Å²) in [4.78, 5) is 26.0. The second kappa shape index (κ2) is 8.35. The highest BCUT2D eigenvalue weighted by molar-refractivity contribution is 5.89. The van der Waals surface area contributed by atoms with Crippen molar-refractivity contribution < 1.29 is 27.8 Å². The Labute approximate surface area is 193 Å². The van der Waals surface area contributed by atoms with E-state index in [-0.39, 0.29) is 33.8 Å². The van der Waals surface area contributed by atoms with Gasteiger partial charge in [0.25, 0.3) is 0 Å². The summed E-state index contributed by atoms with van der Waals surface area (Å²) < 4.78 is 49.6. The van der Waals surface area contributed by atoms with Gasteiger partial charge in [0.2, 0.25) is 5.43 Å². The number of nitrogens with two attached hydrogens (primary N) is 1. The molecule has 0 saturated carbocycles. The van der Waals surface area contributed by atoms with Crippen molar-refractivity contribution in [3.8, 4) is 11.4 Å². The lowest BCUT2D eigenvalue weighted by molar-refractivity contribution is 0.144. The molecule has 0 bridgehead atoms. The lowest BCUT2D eigenvalue weighted by Gasteiger charge is -2.28. The van der Waals surface area contributed by atoms with Crippen LogP contribution in [-0.2, 0) is 0 Å². The minimum absolute atomic E-state index is 0.0416. The number of benzene rings is 2. The smallest absolute Gasteiger partial charge is 0.449 e. The first-order chi connectivity index (χ1) is 15.9. The zero-order valence-electron chi connectivity index (χ0n) is 18.9. The molecule has 0 unspecified atom stereocenters. The Morgan fingerprint density at radius 2 is 1.91 bits per heavy atom. The third-order valence-electron chi connectivity index (χ3n) is 6.36. The summed E-state index contributed by atoms with van der Waals surface area (Å²) in [5, 5.41) is 8.87. The number of carboxylic acid groups (broad SMARTS) is 1. The van der Waals surface area contributed by atoms with Crippen molar-refractivity contribution in [1.29, 1.82) is 0 Å². The molecule has 4 rings (SSSR count). The van der Waals surface area contributed by atoms with Crippen molar-refractivity contribution in [2.45, 2.75) is 32.7 Å². The summed E-state index contributed by atoms with van der Waals surface area (Å²) in [7, 11) is 0. The molecular formula is C24H24F3N3O4. The topological polar surface area (TPSA) is 97.8 Å². The number of pyridine rings is 1. The van der Waals surface area contributed by atoms with E-state index < -0.39 is 40.3 Å². The molecule has 7 nitrogen and oxygen atoms in total. The third-order valence-corrected chi connectivity index (χ3v) is 6.36. The molecule has 0 aliphatic carbocycles. The van der Waals surface area contributed by atoms with Crippen molar-refractivity contribution in [2.24, 2.45) is 11.7 Å². The van der Waals surface area contributed by atoms with Gasteiger partial charge in [-0.3, -0.25) is 4.79 Å². The van der Waals surface area contributed by atoms with Crippen LogP contribution in [0.15, 0.2) is 35.3 Å². The van der Waals surface area contributed by atoms with Gasteiger partial charge in [-0.15, -0.1) is 0 Å². The van der Waals surface area contributed by atoms with Gasteiger partial charge in [-0.05, 0) is 51.3 Å². The second-order valence-corrected chi connectivity index (χ2v) is 9.14. The van der Waals surface area contributed by atoms with Crippen LogP contribution in [0.5, 0.6) is 5.75 Å². The Balaban J connectivity index is 2.00. The summed E-state index contributed by atoms with van der Waals surface area (Å²) in [5.41, 5.74) is 5.04. The van der Waals surface area contributed by atoms with E-state index >= 15 is 4.39 Å². The van der Waals surface area contributed by atoms with Gasteiger partial charge in [-0.25, -0.2) is 18.0 Å². The maximum Gasteiger partial charge on any atom is 0.511 e. The number of rotatable bonds is 4. The Morgan fingerprint density at radius 3 is 2.50 bits per heavy atom. The van der Waals surface area contributed by atoms with E-state index in [1.54, 1.807) is 0 Å². The van der Waals surface area contributed by atoms with E-state index in [1.165, 1.54) is 17.6 Å². The standard InChI is InChI=1S/C24H24F3N3O4/c1-12-20-17(9-18(21(12)27)29-7-6-13(10-29)24(2,3)28)30(11-19(22(20)31)34-23(32)33)16-5-4-14(25)8-15(16)26/h4-5,8-9,11,13H,6-7,10,28H2,1-3H3,(H,32,33)/t13-/m0/s1. The fourth-order valence-corrected chi connectivity index (χ4v) is 4.46. The van der Waals surface area contributed by atoms with Crippen LogP contribution >= 0.6 is 0 Å². The molecule has 1 aliphatic rings. The first kappa shape index (κ1) is 23.6. The minimum atomic E-state index is -1.76. The Morgan fingerprint density at radius 1 is 1.21 bits per heavy atom. The Kier molecular flexibility index (Phi) is 5.80. The molecule has 1 aromatic heterocycles. The number of carbonyl (C=O) groups is 1. The molecule has 0 radical (unpaired) electrons. The number of halogens is 3. The minimum Gasteiger partial charge on any atom is -0.449 e. The van der Waals surface area contributed by atoms with Crippen molar-refractivity contribution >= 4 is 22.7 Å². The number of anilines is 1. The predicted molar refractivity (Wildman–Crippen MR) is 121 cm³/mol. The van der Waals surface area contributed by atoms with E-state index in [0.717, 1.165) is 24.8 Å². The summed E-state index contributed by atoms with van der Waals surface area (Å²) >= 11 is 0. The SMILES string of the molecule is Cc1c(F)c(N2CC[C@H](C(C)(C)N)C2)cc2c1c(=O)c(OC(=O)O)cn2-c1ccc(F)cc1F. The highest BCUT2D eigenvalue weighted by Gasteiger charge is 2.34. The van der Waals surface area contributed by atoms with Crippen LogP contribution in [0.25, 0.3) is 16.6 Å². The Bertz CT molecular complexity index is 1360. The van der Waals surface area contributed by atoms with Crippen molar-refractivity contribution in [3.63, 3.8) is 0 Å². The number of nitrogens with zero attached hydrogens (tertiary/aromatic N) is 2. The molecule has 10 heteroatoms. The monoisotopic (exact) mass is 475 g/mol. The normalized spacial score (nSPS) is 16.3. The lowest BCUT2D eigenvalue weighted by Crippen LogP contribution is -2.42. The fourth-order valence-electron chi connectivity index (χ4n) is 4.46. The summed E-state index contributed by atoms with van der Waals surface area (Å²) in [6.07, 6.45) is -0.0126.